The van der Waals surface area contributed by atoms with Gasteiger partial charge in [-0.3, -0.25) is 0 Å². The van der Waals surface area contributed by atoms with E-state index in [1.807, 2.05) is 32.0 Å². The van der Waals surface area contributed by atoms with E-state index < -0.39 is 0 Å². The molecule has 0 unspecified atom stereocenters. The Kier molecular flexibility index (Phi) is 4.19. The van der Waals surface area contributed by atoms with Crippen LogP contribution in [-0.2, 0) is 6.42 Å². The zero-order valence-electron chi connectivity index (χ0n) is 10.9. The first kappa shape index (κ1) is 13.6. The molecule has 0 aliphatic carbocycles. The molecule has 4 N–H and O–H groups in total. The fourth-order valence-electron chi connectivity index (χ4n) is 1.79. The summed E-state index contributed by atoms with van der Waals surface area (Å²) in [6.45, 7) is 3.98. The zero-order valence-corrected chi connectivity index (χ0v) is 11.6. The molecule has 6 heteroatoms. The van der Waals surface area contributed by atoms with E-state index in [-0.39, 0.29) is 0 Å². The van der Waals surface area contributed by atoms with Crippen LogP contribution >= 0.6 is 11.6 Å². The van der Waals surface area contributed by atoms with Gasteiger partial charge in [-0.1, -0.05) is 24.6 Å². The first-order valence-corrected chi connectivity index (χ1v) is 6.37. The molecule has 0 fully saturated rings. The maximum atomic E-state index is 6.11. The highest BCUT2D eigenvalue weighted by Gasteiger charge is 2.09. The number of aromatic nitrogens is 2. The third-order valence-electron chi connectivity index (χ3n) is 2.87. The number of halogens is 1. The third-order valence-corrected chi connectivity index (χ3v) is 3.28. The fourth-order valence-corrected chi connectivity index (χ4v) is 1.97. The van der Waals surface area contributed by atoms with Crippen LogP contribution in [0.15, 0.2) is 24.5 Å². The number of anilines is 3. The summed E-state index contributed by atoms with van der Waals surface area (Å²) in [5.41, 5.74) is 5.43. The molecular weight excluding hydrogens is 262 g/mol. The number of hydrazine groups is 1. The van der Waals surface area contributed by atoms with Gasteiger partial charge in [0.25, 0.3) is 0 Å². The summed E-state index contributed by atoms with van der Waals surface area (Å²) in [6, 6.07) is 5.78. The molecule has 0 radical (unpaired) electrons. The molecule has 0 amide bonds. The Labute approximate surface area is 117 Å². The second-order valence-electron chi connectivity index (χ2n) is 4.14. The molecule has 0 aliphatic rings. The van der Waals surface area contributed by atoms with Crippen molar-refractivity contribution in [1.82, 2.24) is 9.97 Å². The highest BCUT2D eigenvalue weighted by atomic mass is 35.5. The summed E-state index contributed by atoms with van der Waals surface area (Å²) < 4.78 is 0. The minimum atomic E-state index is 0.623. The SMILES string of the molecule is CCc1c(NN)ncnc1Nc1ccc(C)c(Cl)c1. The number of nitrogens with one attached hydrogen (secondary N) is 2. The lowest BCUT2D eigenvalue weighted by atomic mass is 10.2. The lowest BCUT2D eigenvalue weighted by molar-refractivity contribution is 1.04. The Morgan fingerprint density at radius 2 is 2.00 bits per heavy atom. The van der Waals surface area contributed by atoms with E-state index in [0.717, 1.165) is 29.1 Å². The maximum Gasteiger partial charge on any atom is 0.148 e. The van der Waals surface area contributed by atoms with Gasteiger partial charge in [0, 0.05) is 16.3 Å². The smallest absolute Gasteiger partial charge is 0.148 e. The summed E-state index contributed by atoms with van der Waals surface area (Å²) >= 11 is 6.11. The van der Waals surface area contributed by atoms with Crippen molar-refractivity contribution in [2.24, 2.45) is 5.84 Å². The minimum absolute atomic E-state index is 0.623. The average Bonchev–Trinajstić information content (AvgIpc) is 2.42. The Hall–Kier alpha value is -1.85. The molecule has 1 aromatic carbocycles. The number of nitrogens with zero attached hydrogens (tertiary/aromatic N) is 2. The second kappa shape index (κ2) is 5.86. The van der Waals surface area contributed by atoms with Crippen molar-refractivity contribution in [3.63, 3.8) is 0 Å². The standard InChI is InChI=1S/C13H16ClN5/c1-3-10-12(16-7-17-13(10)19-15)18-9-5-4-8(2)11(14)6-9/h4-7H,3,15H2,1-2H3,(H2,16,17,18,19). The molecule has 0 spiro atoms. The van der Waals surface area contributed by atoms with Crippen molar-refractivity contribution in [2.45, 2.75) is 20.3 Å². The Morgan fingerprint density at radius 1 is 1.26 bits per heavy atom. The monoisotopic (exact) mass is 277 g/mol. The molecule has 0 atom stereocenters. The quantitative estimate of drug-likeness (QED) is 0.592. The van der Waals surface area contributed by atoms with Gasteiger partial charge in [-0.25, -0.2) is 15.8 Å². The highest BCUT2D eigenvalue weighted by molar-refractivity contribution is 6.31. The van der Waals surface area contributed by atoms with Crippen LogP contribution in [0.4, 0.5) is 17.3 Å². The van der Waals surface area contributed by atoms with Gasteiger partial charge in [0.05, 0.1) is 0 Å². The minimum Gasteiger partial charge on any atom is -0.340 e. The van der Waals surface area contributed by atoms with Crippen LogP contribution in [0.5, 0.6) is 0 Å². The van der Waals surface area contributed by atoms with E-state index in [2.05, 4.69) is 20.7 Å². The van der Waals surface area contributed by atoms with E-state index in [4.69, 9.17) is 17.4 Å². The second-order valence-corrected chi connectivity index (χ2v) is 4.54. The highest BCUT2D eigenvalue weighted by Crippen LogP contribution is 2.26. The van der Waals surface area contributed by atoms with Gasteiger partial charge in [0.2, 0.25) is 0 Å². The van der Waals surface area contributed by atoms with Gasteiger partial charge < -0.3 is 10.7 Å². The number of benzene rings is 1. The van der Waals surface area contributed by atoms with Gasteiger partial charge in [-0.2, -0.15) is 0 Å². The van der Waals surface area contributed by atoms with Crippen LogP contribution in [0.2, 0.25) is 5.02 Å². The van der Waals surface area contributed by atoms with Gasteiger partial charge in [-0.05, 0) is 31.0 Å². The topological polar surface area (TPSA) is 75.9 Å². The Morgan fingerprint density at radius 3 is 2.63 bits per heavy atom. The van der Waals surface area contributed by atoms with Crippen LogP contribution < -0.4 is 16.6 Å². The molecule has 5 nitrogen and oxygen atoms in total. The largest absolute Gasteiger partial charge is 0.340 e. The molecule has 0 saturated heterocycles. The number of hydrogen-bond acceptors (Lipinski definition) is 5. The molecule has 2 aromatic rings. The van der Waals surface area contributed by atoms with Crippen LogP contribution in [0, 0.1) is 6.92 Å². The molecule has 0 saturated carbocycles. The van der Waals surface area contributed by atoms with Gasteiger partial charge in [0.15, 0.2) is 0 Å². The zero-order chi connectivity index (χ0) is 13.8. The Balaban J connectivity index is 2.35. The van der Waals surface area contributed by atoms with Crippen LogP contribution in [0.25, 0.3) is 0 Å². The van der Waals surface area contributed by atoms with E-state index >= 15 is 0 Å². The fraction of sp³-hybridized carbons (Fsp3) is 0.231. The summed E-state index contributed by atoms with van der Waals surface area (Å²) in [4.78, 5) is 8.33. The van der Waals surface area contributed by atoms with Crippen molar-refractivity contribution in [3.05, 3.63) is 40.7 Å². The summed E-state index contributed by atoms with van der Waals surface area (Å²) in [5, 5.41) is 3.95. The van der Waals surface area contributed by atoms with Gasteiger partial charge in [0.1, 0.15) is 18.0 Å². The van der Waals surface area contributed by atoms with E-state index in [1.54, 1.807) is 0 Å². The van der Waals surface area contributed by atoms with Crippen molar-refractivity contribution in [3.8, 4) is 0 Å². The number of nitrogens with two attached hydrogens (primary N) is 1. The summed E-state index contributed by atoms with van der Waals surface area (Å²) in [7, 11) is 0. The normalized spacial score (nSPS) is 10.3. The van der Waals surface area contributed by atoms with Crippen molar-refractivity contribution in [2.75, 3.05) is 10.7 Å². The molecule has 19 heavy (non-hydrogen) atoms. The van der Waals surface area contributed by atoms with Crippen molar-refractivity contribution in [1.29, 1.82) is 0 Å². The van der Waals surface area contributed by atoms with E-state index in [9.17, 15) is 0 Å². The van der Waals surface area contributed by atoms with Gasteiger partial charge in [-0.15, -0.1) is 0 Å². The summed E-state index contributed by atoms with van der Waals surface area (Å²) in [5.74, 6) is 6.79. The third kappa shape index (κ3) is 2.94. The summed E-state index contributed by atoms with van der Waals surface area (Å²) in [6.07, 6.45) is 2.23. The number of aryl methyl sites for hydroxylation is 1. The molecule has 0 aliphatic heterocycles. The van der Waals surface area contributed by atoms with Crippen molar-refractivity contribution < 1.29 is 0 Å². The number of rotatable bonds is 4. The lowest BCUT2D eigenvalue weighted by Crippen LogP contribution is -2.13. The molecule has 1 heterocycles. The van der Waals surface area contributed by atoms with E-state index in [1.165, 1.54) is 6.33 Å². The molecule has 0 bridgehead atoms. The maximum absolute atomic E-state index is 6.11. The lowest BCUT2D eigenvalue weighted by Gasteiger charge is -2.13. The van der Waals surface area contributed by atoms with Crippen LogP contribution in [-0.4, -0.2) is 9.97 Å². The van der Waals surface area contributed by atoms with Gasteiger partial charge >= 0.3 is 0 Å². The van der Waals surface area contributed by atoms with E-state index in [0.29, 0.717) is 10.8 Å². The predicted octanol–water partition coefficient (Wildman–Crippen LogP) is 3.03. The average molecular weight is 278 g/mol. The predicted molar refractivity (Wildman–Crippen MR) is 78.7 cm³/mol. The molecule has 1 aromatic heterocycles. The molecule has 2 rings (SSSR count). The number of nitrogen functional groups attached to an aromatic ring is 1. The van der Waals surface area contributed by atoms with Crippen molar-refractivity contribution >= 4 is 28.9 Å². The Bertz CT molecular complexity index is 585. The number of hydrogen-bond donors (Lipinski definition) is 3. The molecular formula is C13H16ClN5. The first-order valence-electron chi connectivity index (χ1n) is 5.99. The van der Waals surface area contributed by atoms with Crippen LogP contribution in [0.1, 0.15) is 18.1 Å². The van der Waals surface area contributed by atoms with Crippen LogP contribution in [0.3, 0.4) is 0 Å². The molecule has 100 valence electrons. The first-order chi connectivity index (χ1) is 9.15.